The molecule has 9 atom stereocenters. The van der Waals surface area contributed by atoms with Gasteiger partial charge in [-0.2, -0.15) is 0 Å². The minimum Gasteiger partial charge on any atom is -0.508 e. The Morgan fingerprint density at radius 1 is 0.440 bits per heavy atom. The lowest BCUT2D eigenvalue weighted by molar-refractivity contribution is -0.140. The van der Waals surface area contributed by atoms with Crippen LogP contribution in [0.4, 0.5) is 0 Å². The third-order valence-electron chi connectivity index (χ3n) is 17.5. The average molecular weight is 1130 g/mol. The summed E-state index contributed by atoms with van der Waals surface area (Å²) in [5, 5.41) is 126. The molecule has 420 valence electrons. The fraction of sp³-hybridized carbons (Fsp3) is 0.162. The number of phenolic OH excluding ortho intramolecular Hbond substituents is 10. The lowest BCUT2D eigenvalue weighted by atomic mass is 9.68. The van der Waals surface area contributed by atoms with E-state index in [0.717, 1.165) is 0 Å². The Morgan fingerprint density at radius 2 is 0.940 bits per heavy atom. The Bertz CT molecular complexity index is 4270. The van der Waals surface area contributed by atoms with E-state index in [1.54, 1.807) is 97.1 Å². The van der Waals surface area contributed by atoms with Crippen molar-refractivity contribution in [1.82, 2.24) is 0 Å². The molecule has 0 saturated heterocycles. The van der Waals surface area contributed by atoms with Gasteiger partial charge in [0.1, 0.15) is 86.8 Å². The number of hydrogen-bond donors (Lipinski definition) is 11. The molecular weight excluding hydrogens is 1070 g/mol. The van der Waals surface area contributed by atoms with Crippen LogP contribution in [0.15, 0.2) is 168 Å². The van der Waals surface area contributed by atoms with Crippen molar-refractivity contribution < 1.29 is 79.6 Å². The van der Waals surface area contributed by atoms with Gasteiger partial charge in [-0.25, -0.2) is 0 Å². The minimum atomic E-state index is -1.04. The van der Waals surface area contributed by atoms with Crippen LogP contribution >= 0.6 is 0 Å². The van der Waals surface area contributed by atoms with Gasteiger partial charge in [0.2, 0.25) is 0 Å². The Hall–Kier alpha value is -10.6. The predicted molar refractivity (Wildman–Crippen MR) is 304 cm³/mol. The summed E-state index contributed by atoms with van der Waals surface area (Å²) in [5.41, 5.74) is 6.95. The van der Waals surface area contributed by atoms with Gasteiger partial charge in [0.05, 0.1) is 36.3 Å². The Labute approximate surface area is 478 Å². The molecule has 14 rings (SSSR count). The molecule has 1 unspecified atom stereocenters. The number of phenols is 10. The summed E-state index contributed by atoms with van der Waals surface area (Å²) in [6.45, 7) is 0. The topological polar surface area (TPSA) is 280 Å². The summed E-state index contributed by atoms with van der Waals surface area (Å²) in [6, 6.07) is 42.5. The van der Waals surface area contributed by atoms with Gasteiger partial charge in [0.15, 0.2) is 0 Å². The maximum Gasteiger partial charge on any atom is 0.306 e. The summed E-state index contributed by atoms with van der Waals surface area (Å²) < 4.78 is 26.6. The van der Waals surface area contributed by atoms with E-state index in [-0.39, 0.29) is 91.9 Å². The second-order valence-corrected chi connectivity index (χ2v) is 22.1. The van der Waals surface area contributed by atoms with Crippen molar-refractivity contribution in [1.29, 1.82) is 0 Å². The van der Waals surface area contributed by atoms with Crippen LogP contribution in [0, 0.1) is 0 Å². The number of furan rings is 1. The number of carbonyl (C=O) groups is 1. The minimum absolute atomic E-state index is 0.0104. The summed E-state index contributed by atoms with van der Waals surface area (Å²) in [5.74, 6) is -8.71. The fourth-order valence-corrected chi connectivity index (χ4v) is 14.3. The molecule has 10 aromatic rings. The van der Waals surface area contributed by atoms with E-state index in [1.165, 1.54) is 73.8 Å². The quantitative estimate of drug-likeness (QED) is 0.0568. The highest BCUT2D eigenvalue weighted by Crippen LogP contribution is 2.73. The summed E-state index contributed by atoms with van der Waals surface area (Å²) in [7, 11) is 1.25. The van der Waals surface area contributed by atoms with E-state index in [4.69, 9.17) is 18.6 Å². The summed E-state index contributed by atoms with van der Waals surface area (Å²) in [6.07, 6.45) is -2.27. The molecule has 0 amide bonds. The van der Waals surface area contributed by atoms with Gasteiger partial charge in [-0.05, 0) is 135 Å². The first kappa shape index (κ1) is 51.5. The zero-order valence-electron chi connectivity index (χ0n) is 44.5. The highest BCUT2D eigenvalue weighted by Gasteiger charge is 2.59. The van der Waals surface area contributed by atoms with Crippen molar-refractivity contribution in [2.75, 3.05) is 7.11 Å². The van der Waals surface area contributed by atoms with Crippen LogP contribution in [0.5, 0.6) is 74.9 Å². The molecule has 0 spiro atoms. The van der Waals surface area contributed by atoms with Crippen LogP contribution in [-0.4, -0.2) is 69.3 Å². The van der Waals surface area contributed by atoms with Crippen LogP contribution in [0.25, 0.3) is 11.0 Å². The summed E-state index contributed by atoms with van der Waals surface area (Å²) >= 11 is 0. The number of benzene rings is 9. The van der Waals surface area contributed by atoms with E-state index in [9.17, 15) is 61.0 Å². The molecule has 0 saturated carbocycles. The van der Waals surface area contributed by atoms with Gasteiger partial charge in [-0.1, -0.05) is 60.7 Å². The molecule has 2 aliphatic carbocycles. The van der Waals surface area contributed by atoms with Gasteiger partial charge in [-0.3, -0.25) is 4.79 Å². The van der Waals surface area contributed by atoms with Crippen molar-refractivity contribution in [3.8, 4) is 74.9 Å². The zero-order valence-corrected chi connectivity index (χ0v) is 44.5. The molecular formula is C68H52O16. The number of aromatic hydroxyl groups is 11. The Kier molecular flexibility index (Phi) is 11.8. The number of hydrogen-bond acceptors (Lipinski definition) is 16. The lowest BCUT2D eigenvalue weighted by Crippen LogP contribution is -2.21. The normalized spacial score (nSPS) is 21.0. The van der Waals surface area contributed by atoms with E-state index in [0.29, 0.717) is 72.3 Å². The first-order valence-electron chi connectivity index (χ1n) is 27.2. The fourth-order valence-electron chi connectivity index (χ4n) is 14.3. The highest BCUT2D eigenvalue weighted by molar-refractivity contribution is 5.99. The Balaban J connectivity index is 1.18. The van der Waals surface area contributed by atoms with Crippen LogP contribution in [0.2, 0.25) is 0 Å². The van der Waals surface area contributed by atoms with Crippen molar-refractivity contribution in [2.45, 2.75) is 60.1 Å². The van der Waals surface area contributed by atoms with Crippen LogP contribution < -0.4 is 9.47 Å². The molecule has 3 heterocycles. The van der Waals surface area contributed by atoms with Gasteiger partial charge in [-0.15, -0.1) is 0 Å². The van der Waals surface area contributed by atoms with E-state index >= 15 is 0 Å². The summed E-state index contributed by atoms with van der Waals surface area (Å²) in [4.78, 5) is 13.8. The number of rotatable bonds is 10. The number of fused-ring (bicyclic) bond motifs is 6. The van der Waals surface area contributed by atoms with Crippen molar-refractivity contribution in [3.05, 3.63) is 242 Å². The molecule has 84 heavy (non-hydrogen) atoms. The second-order valence-electron chi connectivity index (χ2n) is 22.1. The molecule has 4 aliphatic rings. The largest absolute Gasteiger partial charge is 0.508 e. The average Bonchev–Trinajstić information content (AvgIpc) is 1.54. The van der Waals surface area contributed by atoms with E-state index in [1.807, 2.05) is 0 Å². The van der Waals surface area contributed by atoms with Crippen LogP contribution in [-0.2, 0) is 9.53 Å². The molecule has 0 fully saturated rings. The van der Waals surface area contributed by atoms with Crippen LogP contribution in [0.1, 0.15) is 138 Å². The third-order valence-corrected chi connectivity index (χ3v) is 17.5. The number of methoxy groups -OCH3 is 1. The molecule has 16 heteroatoms. The monoisotopic (exact) mass is 1120 g/mol. The van der Waals surface area contributed by atoms with E-state index in [2.05, 4.69) is 0 Å². The van der Waals surface area contributed by atoms with Crippen LogP contribution in [0.3, 0.4) is 0 Å². The van der Waals surface area contributed by atoms with Gasteiger partial charge >= 0.3 is 5.97 Å². The molecule has 2 aliphatic heterocycles. The third kappa shape index (κ3) is 8.07. The first-order chi connectivity index (χ1) is 40.5. The molecule has 9 aromatic carbocycles. The maximum atomic E-state index is 13.8. The molecule has 11 N–H and O–H groups in total. The first-order valence-corrected chi connectivity index (χ1v) is 27.2. The molecule has 16 nitrogen and oxygen atoms in total. The highest BCUT2D eigenvalue weighted by atomic mass is 16.5. The lowest BCUT2D eigenvalue weighted by Gasteiger charge is -2.35. The van der Waals surface area contributed by atoms with Gasteiger partial charge in [0, 0.05) is 70.0 Å². The number of carbonyl (C=O) groups excluding carboxylic acids is 1. The number of ether oxygens (including phenoxy) is 3. The van der Waals surface area contributed by atoms with Crippen molar-refractivity contribution >= 4 is 16.9 Å². The van der Waals surface area contributed by atoms with Gasteiger partial charge in [0.25, 0.3) is 5.95 Å². The smallest absolute Gasteiger partial charge is 0.306 e. The van der Waals surface area contributed by atoms with Gasteiger partial charge < -0.3 is 74.8 Å². The Morgan fingerprint density at radius 3 is 1.51 bits per heavy atom. The van der Waals surface area contributed by atoms with Crippen molar-refractivity contribution in [2.24, 2.45) is 0 Å². The maximum absolute atomic E-state index is 13.8. The SMILES string of the molecule is COC(=O)CC(c1ccc(O)cc1)c1c(O)oc2c3c4c5c(c12)O[C@H](c1ccc(O)cc1)[C@H]5c1cc(O)cc(O)c1[C@H](c1ccc(O)cc1)[C@@H]4[C@@H](c1ccc(O)cc1)[C@@H]3c1cc(O)cc2c1[C@H](c1cc(O)cc(O)c1)[C@@H](c1ccc(O)cc1)O2. The van der Waals surface area contributed by atoms with Crippen molar-refractivity contribution in [3.63, 3.8) is 0 Å². The number of esters is 1. The molecule has 1 aromatic heterocycles. The standard InChI is InChI=1S/C68H52O16/c1-81-50(79)29-45(30-2-12-36(69)13-3-30)58-63-66-62-57(65(83-66)34-10-20-40(73)21-11-34)46-25-43(76)27-48(78)54(46)51(31-4-14-37(70)15-5-31)59-52(32-6-16-38(71)17-7-32)56(61(60(59)62)67(63)84-68(58)80)47-26-44(77)28-49-55(47)53(35-22-41(74)24-42(75)23-35)64(82-49)33-8-18-39(72)19-9-33/h2-28,45,51-53,56-57,59,64-65,69-78,80H,29H2,1H3/t45?,51-,52-,53-,56-,57-,59+,64+,65+/m0/s1. The molecule has 0 radical (unpaired) electrons. The predicted octanol–water partition coefficient (Wildman–Crippen LogP) is 12.6. The second kappa shape index (κ2) is 19.3. The molecule has 0 bridgehead atoms. The van der Waals surface area contributed by atoms with E-state index < -0.39 is 65.5 Å². The zero-order chi connectivity index (χ0) is 58.1.